The fraction of sp³-hybridized carbons (Fsp3) is 0.167. The number of fused-ring (bicyclic) bond motifs is 1. The smallest absolute Gasteiger partial charge is 0.356 e. The molecule has 1 saturated heterocycles. The number of carboxylic acid groups (broad SMARTS) is 1. The van der Waals surface area contributed by atoms with Crippen molar-refractivity contribution in [2.45, 2.75) is 6.42 Å². The molecule has 3 amide bonds. The van der Waals surface area contributed by atoms with Crippen molar-refractivity contribution in [3.8, 4) is 0 Å². The lowest BCUT2D eigenvalue weighted by atomic mass is 10.2. The molecule has 8 heteroatoms. The van der Waals surface area contributed by atoms with Crippen molar-refractivity contribution < 1.29 is 19.5 Å². The van der Waals surface area contributed by atoms with Crippen LogP contribution in [-0.4, -0.2) is 38.9 Å². The summed E-state index contributed by atoms with van der Waals surface area (Å²) in [6.07, 6.45) is 3.21. The number of imidazole rings is 1. The molecule has 2 aromatic rings. The Kier molecular flexibility index (Phi) is 2.63. The van der Waals surface area contributed by atoms with Crippen LogP contribution in [0.1, 0.15) is 16.9 Å². The second-order valence-electron chi connectivity index (χ2n) is 4.31. The molecular formula is C12H10N4O4. The van der Waals surface area contributed by atoms with Gasteiger partial charge >= 0.3 is 12.0 Å². The Labute approximate surface area is 112 Å². The molecule has 3 heterocycles. The van der Waals surface area contributed by atoms with E-state index in [1.807, 2.05) is 0 Å². The quantitative estimate of drug-likeness (QED) is 0.828. The number of anilines is 1. The summed E-state index contributed by atoms with van der Waals surface area (Å²) in [7, 11) is 0. The van der Waals surface area contributed by atoms with Crippen molar-refractivity contribution >= 4 is 29.2 Å². The number of carbonyl (C=O) groups is 3. The maximum Gasteiger partial charge on any atom is 0.356 e. The normalized spacial score (nSPS) is 15.5. The molecule has 1 aliphatic heterocycles. The molecule has 2 N–H and O–H groups in total. The Hall–Kier alpha value is -2.90. The molecule has 0 spiro atoms. The number of pyridine rings is 1. The van der Waals surface area contributed by atoms with Crippen molar-refractivity contribution in [1.82, 2.24) is 14.7 Å². The van der Waals surface area contributed by atoms with E-state index in [1.54, 1.807) is 18.3 Å². The second kappa shape index (κ2) is 4.34. The van der Waals surface area contributed by atoms with Crippen LogP contribution in [0.15, 0.2) is 24.5 Å². The van der Waals surface area contributed by atoms with Gasteiger partial charge in [-0.05, 0) is 12.1 Å². The first-order chi connectivity index (χ1) is 9.56. The average Bonchev–Trinajstić information content (AvgIpc) is 2.83. The number of carbonyl (C=O) groups excluding carboxylic acids is 2. The highest BCUT2D eigenvalue weighted by molar-refractivity contribution is 6.07. The molecule has 20 heavy (non-hydrogen) atoms. The van der Waals surface area contributed by atoms with Gasteiger partial charge < -0.3 is 9.51 Å². The molecule has 0 bridgehead atoms. The first-order valence-electron chi connectivity index (χ1n) is 5.88. The Balaban J connectivity index is 2.09. The van der Waals surface area contributed by atoms with Gasteiger partial charge in [-0.1, -0.05) is 0 Å². The van der Waals surface area contributed by atoms with E-state index in [0.717, 1.165) is 0 Å². The van der Waals surface area contributed by atoms with Crippen LogP contribution in [0, 0.1) is 0 Å². The van der Waals surface area contributed by atoms with Gasteiger partial charge in [0.25, 0.3) is 0 Å². The Morgan fingerprint density at radius 3 is 2.90 bits per heavy atom. The van der Waals surface area contributed by atoms with Crippen LogP contribution < -0.4 is 10.2 Å². The molecule has 3 rings (SSSR count). The second-order valence-corrected chi connectivity index (χ2v) is 4.31. The van der Waals surface area contributed by atoms with E-state index in [0.29, 0.717) is 11.3 Å². The molecule has 102 valence electrons. The van der Waals surface area contributed by atoms with E-state index in [-0.39, 0.29) is 24.6 Å². The fourth-order valence-electron chi connectivity index (χ4n) is 2.11. The summed E-state index contributed by atoms with van der Waals surface area (Å²) < 4.78 is 1.53. The van der Waals surface area contributed by atoms with Gasteiger partial charge in [-0.15, -0.1) is 0 Å². The molecule has 0 aliphatic carbocycles. The van der Waals surface area contributed by atoms with E-state index >= 15 is 0 Å². The summed E-state index contributed by atoms with van der Waals surface area (Å²) in [5.41, 5.74) is 0.713. The van der Waals surface area contributed by atoms with Crippen LogP contribution in [0.3, 0.4) is 0 Å². The molecule has 8 nitrogen and oxygen atoms in total. The lowest BCUT2D eigenvalue weighted by Crippen LogP contribution is -2.49. The van der Waals surface area contributed by atoms with Crippen LogP contribution in [-0.2, 0) is 4.79 Å². The van der Waals surface area contributed by atoms with E-state index in [2.05, 4.69) is 10.3 Å². The zero-order valence-corrected chi connectivity index (χ0v) is 10.2. The number of hydrogen-bond acceptors (Lipinski definition) is 4. The first-order valence-corrected chi connectivity index (χ1v) is 5.88. The Bertz CT molecular complexity index is 736. The number of nitrogens with zero attached hydrogens (tertiary/aromatic N) is 3. The van der Waals surface area contributed by atoms with Gasteiger partial charge in [0.1, 0.15) is 0 Å². The van der Waals surface area contributed by atoms with Crippen molar-refractivity contribution in [3.05, 3.63) is 30.2 Å². The van der Waals surface area contributed by atoms with Gasteiger partial charge in [0.15, 0.2) is 11.3 Å². The summed E-state index contributed by atoms with van der Waals surface area (Å²) in [5.74, 6) is -1.47. The van der Waals surface area contributed by atoms with E-state index in [1.165, 1.54) is 15.5 Å². The van der Waals surface area contributed by atoms with Gasteiger partial charge in [-0.3, -0.25) is 15.0 Å². The first kappa shape index (κ1) is 12.2. The van der Waals surface area contributed by atoms with Gasteiger partial charge in [0, 0.05) is 25.4 Å². The standard InChI is InChI=1S/C12H10N4O4/c17-9-3-5-16(12(20)14-9)8-2-1-4-15-6-7(11(18)19)13-10(8)15/h1-2,4,6H,3,5H2,(H,18,19)(H,14,17,20). The largest absolute Gasteiger partial charge is 0.476 e. The molecule has 0 atom stereocenters. The third kappa shape index (κ3) is 1.87. The number of amides is 3. The number of imide groups is 1. The molecule has 1 aliphatic rings. The van der Waals surface area contributed by atoms with Crippen molar-refractivity contribution in [2.24, 2.45) is 0 Å². The van der Waals surface area contributed by atoms with Gasteiger partial charge in [-0.2, -0.15) is 0 Å². The monoisotopic (exact) mass is 274 g/mol. The summed E-state index contributed by atoms with van der Waals surface area (Å²) in [5, 5.41) is 11.2. The lowest BCUT2D eigenvalue weighted by molar-refractivity contribution is -0.120. The van der Waals surface area contributed by atoms with Crippen LogP contribution in [0.4, 0.5) is 10.5 Å². The van der Waals surface area contributed by atoms with Gasteiger partial charge in [-0.25, -0.2) is 14.6 Å². The number of rotatable bonds is 2. The minimum absolute atomic E-state index is 0.106. The molecule has 0 saturated carbocycles. The molecule has 0 radical (unpaired) electrons. The summed E-state index contributed by atoms with van der Waals surface area (Å²) in [6.45, 7) is 0.236. The predicted octanol–water partition coefficient (Wildman–Crippen LogP) is 0.479. The molecule has 0 unspecified atom stereocenters. The van der Waals surface area contributed by atoms with E-state index < -0.39 is 12.0 Å². The zero-order valence-electron chi connectivity index (χ0n) is 10.2. The fourth-order valence-corrected chi connectivity index (χ4v) is 2.11. The maximum absolute atomic E-state index is 11.8. The number of hydrogen-bond donors (Lipinski definition) is 2. The molecule has 1 fully saturated rings. The van der Waals surface area contributed by atoms with Gasteiger partial charge in [0.05, 0.1) is 5.69 Å². The van der Waals surface area contributed by atoms with Crippen LogP contribution in [0.5, 0.6) is 0 Å². The highest BCUT2D eigenvalue weighted by atomic mass is 16.4. The van der Waals surface area contributed by atoms with Crippen molar-refractivity contribution in [2.75, 3.05) is 11.4 Å². The highest BCUT2D eigenvalue weighted by Gasteiger charge is 2.26. The number of aromatic nitrogens is 2. The Morgan fingerprint density at radius 1 is 1.40 bits per heavy atom. The van der Waals surface area contributed by atoms with Crippen LogP contribution in [0.25, 0.3) is 5.65 Å². The number of carboxylic acids is 1. The summed E-state index contributed by atoms with van der Waals surface area (Å²) in [4.78, 5) is 39.3. The zero-order chi connectivity index (χ0) is 14.3. The third-order valence-electron chi connectivity index (χ3n) is 3.03. The maximum atomic E-state index is 11.8. The SMILES string of the molecule is O=C1CCN(c2cccn3cc(C(=O)O)nc23)C(=O)N1. The summed E-state index contributed by atoms with van der Waals surface area (Å²) in [6, 6.07) is 2.80. The van der Waals surface area contributed by atoms with E-state index in [9.17, 15) is 14.4 Å². The van der Waals surface area contributed by atoms with Crippen molar-refractivity contribution in [1.29, 1.82) is 0 Å². The lowest BCUT2D eigenvalue weighted by Gasteiger charge is -2.26. The van der Waals surface area contributed by atoms with Crippen LogP contribution in [0.2, 0.25) is 0 Å². The molecular weight excluding hydrogens is 264 g/mol. The Morgan fingerprint density at radius 2 is 2.20 bits per heavy atom. The average molecular weight is 274 g/mol. The topological polar surface area (TPSA) is 104 Å². The van der Waals surface area contributed by atoms with Crippen LogP contribution >= 0.6 is 0 Å². The van der Waals surface area contributed by atoms with Gasteiger partial charge in [0.2, 0.25) is 5.91 Å². The predicted molar refractivity (Wildman–Crippen MR) is 67.7 cm³/mol. The van der Waals surface area contributed by atoms with E-state index in [4.69, 9.17) is 5.11 Å². The molecule has 0 aromatic carbocycles. The number of nitrogens with one attached hydrogen (secondary N) is 1. The molecule has 2 aromatic heterocycles. The summed E-state index contributed by atoms with van der Waals surface area (Å²) >= 11 is 0. The highest BCUT2D eigenvalue weighted by Crippen LogP contribution is 2.23. The minimum atomic E-state index is -1.14. The number of aromatic carboxylic acids is 1. The third-order valence-corrected chi connectivity index (χ3v) is 3.03. The number of urea groups is 1. The van der Waals surface area contributed by atoms with Crippen molar-refractivity contribution in [3.63, 3.8) is 0 Å². The minimum Gasteiger partial charge on any atom is -0.476 e.